The van der Waals surface area contributed by atoms with Crippen LogP contribution in [0.15, 0.2) is 78.4 Å². The van der Waals surface area contributed by atoms with E-state index >= 15 is 0 Å². The molecule has 0 spiro atoms. The fraction of sp³-hybridized carbons (Fsp3) is 0.241. The summed E-state index contributed by atoms with van der Waals surface area (Å²) >= 11 is 0. The van der Waals surface area contributed by atoms with E-state index in [1.54, 1.807) is 12.1 Å². The van der Waals surface area contributed by atoms with Crippen LogP contribution in [-0.2, 0) is 9.59 Å². The number of methoxy groups -OCH3 is 3. The molecule has 3 rings (SSSR count). The highest BCUT2D eigenvalue weighted by atomic mass is 16.5. The SMILES string of the molecule is COc1cc(OC)c(OC)cc1C=C(C(=O)NC(C)c1ccccc1)C(=O)NC(C)c1ccccc1. The van der Waals surface area contributed by atoms with E-state index in [-0.39, 0.29) is 17.7 Å². The Labute approximate surface area is 212 Å². The molecule has 2 atom stereocenters. The number of benzene rings is 3. The maximum atomic E-state index is 13.4. The third-order valence-electron chi connectivity index (χ3n) is 5.82. The maximum Gasteiger partial charge on any atom is 0.257 e. The molecule has 0 bridgehead atoms. The zero-order valence-electron chi connectivity index (χ0n) is 21.2. The van der Waals surface area contributed by atoms with E-state index in [1.165, 1.54) is 27.4 Å². The fourth-order valence-electron chi connectivity index (χ4n) is 3.75. The van der Waals surface area contributed by atoms with Crippen LogP contribution in [0.1, 0.15) is 42.6 Å². The van der Waals surface area contributed by atoms with Gasteiger partial charge in [0.1, 0.15) is 11.3 Å². The van der Waals surface area contributed by atoms with E-state index in [9.17, 15) is 9.59 Å². The maximum absolute atomic E-state index is 13.4. The summed E-state index contributed by atoms with van der Waals surface area (Å²) in [4.78, 5) is 26.9. The van der Waals surface area contributed by atoms with E-state index in [4.69, 9.17) is 14.2 Å². The van der Waals surface area contributed by atoms with Crippen LogP contribution in [0.5, 0.6) is 17.2 Å². The van der Waals surface area contributed by atoms with E-state index in [0.29, 0.717) is 22.8 Å². The average Bonchev–Trinajstić information content (AvgIpc) is 2.91. The third-order valence-corrected chi connectivity index (χ3v) is 5.82. The lowest BCUT2D eigenvalue weighted by Gasteiger charge is -2.19. The quantitative estimate of drug-likeness (QED) is 0.242. The summed E-state index contributed by atoms with van der Waals surface area (Å²) < 4.78 is 16.3. The molecular weight excluding hydrogens is 456 g/mol. The molecular formula is C29H32N2O5. The lowest BCUT2D eigenvalue weighted by atomic mass is 10.0. The number of rotatable bonds is 10. The Kier molecular flexibility index (Phi) is 9.11. The number of hydrogen-bond donors (Lipinski definition) is 2. The van der Waals surface area contributed by atoms with Gasteiger partial charge in [-0.25, -0.2) is 0 Å². The third kappa shape index (κ3) is 6.44. The van der Waals surface area contributed by atoms with Gasteiger partial charge in [0, 0.05) is 11.6 Å². The molecule has 3 aromatic rings. The van der Waals surface area contributed by atoms with Gasteiger partial charge in [-0.1, -0.05) is 60.7 Å². The minimum Gasteiger partial charge on any atom is -0.496 e. The van der Waals surface area contributed by atoms with Crippen LogP contribution in [-0.4, -0.2) is 33.1 Å². The fourth-order valence-corrected chi connectivity index (χ4v) is 3.75. The number of carbonyl (C=O) groups excluding carboxylic acids is 2. The molecule has 7 nitrogen and oxygen atoms in total. The van der Waals surface area contributed by atoms with Crippen LogP contribution >= 0.6 is 0 Å². The van der Waals surface area contributed by atoms with Crippen molar-refractivity contribution in [2.75, 3.05) is 21.3 Å². The van der Waals surface area contributed by atoms with Gasteiger partial charge < -0.3 is 24.8 Å². The average molecular weight is 489 g/mol. The molecule has 2 N–H and O–H groups in total. The summed E-state index contributed by atoms with van der Waals surface area (Å²) in [7, 11) is 4.55. The molecule has 0 aliphatic heterocycles. The highest BCUT2D eigenvalue weighted by molar-refractivity contribution is 6.22. The molecule has 36 heavy (non-hydrogen) atoms. The molecule has 0 saturated heterocycles. The van der Waals surface area contributed by atoms with Gasteiger partial charge in [-0.05, 0) is 37.1 Å². The standard InChI is InChI=1S/C29H32N2O5/c1-19(21-12-8-6-9-13-21)30-28(32)24(29(33)31-20(2)22-14-10-7-11-15-22)16-23-17-26(35-4)27(36-5)18-25(23)34-3/h6-20H,1-5H3,(H,30,32)(H,31,33). The highest BCUT2D eigenvalue weighted by Crippen LogP contribution is 2.35. The Bertz CT molecular complexity index is 1150. The molecule has 0 radical (unpaired) electrons. The van der Waals surface area contributed by atoms with Crippen molar-refractivity contribution >= 4 is 17.9 Å². The molecule has 2 amide bonds. The monoisotopic (exact) mass is 488 g/mol. The molecule has 0 aliphatic carbocycles. The topological polar surface area (TPSA) is 85.9 Å². The lowest BCUT2D eigenvalue weighted by Crippen LogP contribution is -2.36. The predicted molar refractivity (Wildman–Crippen MR) is 140 cm³/mol. The lowest BCUT2D eigenvalue weighted by molar-refractivity contribution is -0.124. The second-order valence-corrected chi connectivity index (χ2v) is 8.22. The zero-order valence-corrected chi connectivity index (χ0v) is 21.2. The van der Waals surface area contributed by atoms with E-state index in [1.807, 2.05) is 74.5 Å². The van der Waals surface area contributed by atoms with Gasteiger partial charge in [-0.3, -0.25) is 9.59 Å². The van der Waals surface area contributed by atoms with Crippen LogP contribution in [0.3, 0.4) is 0 Å². The second-order valence-electron chi connectivity index (χ2n) is 8.22. The van der Waals surface area contributed by atoms with Gasteiger partial charge in [-0.15, -0.1) is 0 Å². The van der Waals surface area contributed by atoms with Gasteiger partial charge in [-0.2, -0.15) is 0 Å². The molecule has 3 aromatic carbocycles. The summed E-state index contributed by atoms with van der Waals surface area (Å²) in [6, 6.07) is 21.8. The normalized spacial score (nSPS) is 12.0. The molecule has 7 heteroatoms. The summed E-state index contributed by atoms with van der Waals surface area (Å²) in [6.07, 6.45) is 1.50. The van der Waals surface area contributed by atoms with E-state index in [0.717, 1.165) is 11.1 Å². The van der Waals surface area contributed by atoms with Crippen molar-refractivity contribution in [3.63, 3.8) is 0 Å². The molecule has 0 saturated carbocycles. The number of amides is 2. The minimum atomic E-state index is -0.513. The zero-order chi connectivity index (χ0) is 26.1. The number of hydrogen-bond acceptors (Lipinski definition) is 5. The van der Waals surface area contributed by atoms with Gasteiger partial charge in [0.25, 0.3) is 11.8 Å². The van der Waals surface area contributed by atoms with Crippen LogP contribution in [0.2, 0.25) is 0 Å². The minimum absolute atomic E-state index is 0.0638. The number of carbonyl (C=O) groups is 2. The van der Waals surface area contributed by atoms with E-state index in [2.05, 4.69) is 10.6 Å². The first-order chi connectivity index (χ1) is 17.4. The Morgan fingerprint density at radius 2 is 1.08 bits per heavy atom. The van der Waals surface area contributed by atoms with Crippen molar-refractivity contribution in [1.29, 1.82) is 0 Å². The Morgan fingerprint density at radius 3 is 1.50 bits per heavy atom. The molecule has 0 aliphatic rings. The first-order valence-electron chi connectivity index (χ1n) is 11.6. The Hall–Kier alpha value is -4.26. The van der Waals surface area contributed by atoms with Gasteiger partial charge >= 0.3 is 0 Å². The van der Waals surface area contributed by atoms with Gasteiger partial charge in [0.15, 0.2) is 11.5 Å². The van der Waals surface area contributed by atoms with Crippen LogP contribution in [0, 0.1) is 0 Å². The largest absolute Gasteiger partial charge is 0.496 e. The van der Waals surface area contributed by atoms with Crippen molar-refractivity contribution in [2.24, 2.45) is 0 Å². The highest BCUT2D eigenvalue weighted by Gasteiger charge is 2.23. The van der Waals surface area contributed by atoms with Gasteiger partial charge in [0.2, 0.25) is 0 Å². The van der Waals surface area contributed by atoms with Crippen LogP contribution in [0.4, 0.5) is 0 Å². The molecule has 2 unspecified atom stereocenters. The number of ether oxygens (including phenoxy) is 3. The molecule has 188 valence electrons. The smallest absolute Gasteiger partial charge is 0.257 e. The summed E-state index contributed by atoms with van der Waals surface area (Å²) in [5, 5.41) is 5.87. The Morgan fingerprint density at radius 1 is 0.667 bits per heavy atom. The van der Waals surface area contributed by atoms with Crippen LogP contribution in [0.25, 0.3) is 6.08 Å². The predicted octanol–water partition coefficient (Wildman–Crippen LogP) is 4.85. The number of nitrogens with one attached hydrogen (secondary N) is 2. The van der Waals surface area contributed by atoms with Crippen molar-refractivity contribution in [1.82, 2.24) is 10.6 Å². The summed E-state index contributed by atoms with van der Waals surface area (Å²) in [5.74, 6) is 0.317. The molecule has 0 heterocycles. The molecule has 0 fully saturated rings. The van der Waals surface area contributed by atoms with Gasteiger partial charge in [0.05, 0.1) is 33.4 Å². The Balaban J connectivity index is 1.99. The van der Waals surface area contributed by atoms with Crippen molar-refractivity contribution < 1.29 is 23.8 Å². The van der Waals surface area contributed by atoms with Crippen molar-refractivity contribution in [3.8, 4) is 17.2 Å². The molecule has 0 aromatic heterocycles. The van der Waals surface area contributed by atoms with E-state index < -0.39 is 11.8 Å². The first-order valence-corrected chi connectivity index (χ1v) is 11.6. The van der Waals surface area contributed by atoms with Crippen molar-refractivity contribution in [3.05, 3.63) is 95.1 Å². The van der Waals surface area contributed by atoms with Crippen LogP contribution < -0.4 is 24.8 Å². The summed E-state index contributed by atoms with van der Waals surface area (Å²) in [5.41, 5.74) is 2.28. The second kappa shape index (κ2) is 12.4. The first kappa shape index (κ1) is 26.3. The summed E-state index contributed by atoms with van der Waals surface area (Å²) in [6.45, 7) is 3.73. The van der Waals surface area contributed by atoms with Crippen molar-refractivity contribution in [2.45, 2.75) is 25.9 Å².